The highest BCUT2D eigenvalue weighted by Gasteiger charge is 2.14. The van der Waals surface area contributed by atoms with Gasteiger partial charge in [0.1, 0.15) is 5.82 Å². The van der Waals surface area contributed by atoms with Crippen LogP contribution in [0.25, 0.3) is 0 Å². The molecule has 1 atom stereocenters. The number of carbonyl (C=O) groups excluding carboxylic acids is 2. The van der Waals surface area contributed by atoms with Crippen LogP contribution in [0, 0.1) is 5.82 Å². The summed E-state index contributed by atoms with van der Waals surface area (Å²) in [5, 5.41) is 9.71. The van der Waals surface area contributed by atoms with Gasteiger partial charge < -0.3 is 10.6 Å². The van der Waals surface area contributed by atoms with Crippen LogP contribution in [0.1, 0.15) is 25.8 Å². The Kier molecular flexibility index (Phi) is 7.31. The fourth-order valence-electron chi connectivity index (χ4n) is 2.06. The molecule has 6 nitrogen and oxygen atoms in total. The quantitative estimate of drug-likeness (QED) is 0.400. The van der Waals surface area contributed by atoms with Gasteiger partial charge in [0.05, 0.1) is 11.9 Å². The molecule has 2 amide bonds. The number of rotatable bonds is 6. The smallest absolute Gasteiger partial charge is 0.329 e. The van der Waals surface area contributed by atoms with Crippen LogP contribution in [0.5, 0.6) is 0 Å². The lowest BCUT2D eigenvalue weighted by Gasteiger charge is -2.11. The van der Waals surface area contributed by atoms with Crippen molar-refractivity contribution in [2.75, 3.05) is 5.32 Å². The first-order chi connectivity index (χ1) is 12.9. The predicted octanol–water partition coefficient (Wildman–Crippen LogP) is 3.59. The van der Waals surface area contributed by atoms with Gasteiger partial charge in [0.15, 0.2) is 0 Å². The zero-order chi connectivity index (χ0) is 19.8. The second kappa shape index (κ2) is 9.68. The van der Waals surface area contributed by atoms with E-state index in [0.29, 0.717) is 22.7 Å². The SMILES string of the molecule is CC[C@@H](C)NC(=O)C(=O)N/N=C\c1cc(Cl)ccc1Nc1ccccc1F. The molecule has 0 aliphatic carbocycles. The first kappa shape index (κ1) is 20.4. The molecule has 0 unspecified atom stereocenters. The van der Waals surface area contributed by atoms with E-state index in [4.69, 9.17) is 11.6 Å². The summed E-state index contributed by atoms with van der Waals surface area (Å²) in [7, 11) is 0. The minimum absolute atomic E-state index is 0.114. The molecule has 2 aromatic rings. The van der Waals surface area contributed by atoms with Crippen molar-refractivity contribution in [1.82, 2.24) is 10.7 Å². The van der Waals surface area contributed by atoms with Crippen LogP contribution < -0.4 is 16.1 Å². The summed E-state index contributed by atoms with van der Waals surface area (Å²) < 4.78 is 13.8. The highest BCUT2D eigenvalue weighted by Crippen LogP contribution is 2.24. The van der Waals surface area contributed by atoms with E-state index in [9.17, 15) is 14.0 Å². The fourth-order valence-corrected chi connectivity index (χ4v) is 2.25. The number of nitrogens with one attached hydrogen (secondary N) is 3. The van der Waals surface area contributed by atoms with Crippen LogP contribution in [-0.4, -0.2) is 24.1 Å². The second-order valence-electron chi connectivity index (χ2n) is 5.82. The van der Waals surface area contributed by atoms with Gasteiger partial charge in [0.2, 0.25) is 0 Å². The topological polar surface area (TPSA) is 82.6 Å². The predicted molar refractivity (Wildman–Crippen MR) is 105 cm³/mol. The third-order valence-electron chi connectivity index (χ3n) is 3.72. The zero-order valence-electron chi connectivity index (χ0n) is 14.9. The van der Waals surface area contributed by atoms with Gasteiger partial charge in [-0.3, -0.25) is 9.59 Å². The molecule has 0 heterocycles. The van der Waals surface area contributed by atoms with Crippen molar-refractivity contribution in [2.24, 2.45) is 5.10 Å². The third kappa shape index (κ3) is 6.07. The molecule has 0 aromatic heterocycles. The highest BCUT2D eigenvalue weighted by molar-refractivity contribution is 6.35. The van der Waals surface area contributed by atoms with Gasteiger partial charge in [0, 0.05) is 22.3 Å². The van der Waals surface area contributed by atoms with Crippen LogP contribution in [0.15, 0.2) is 47.6 Å². The van der Waals surface area contributed by atoms with E-state index in [0.717, 1.165) is 0 Å². The summed E-state index contributed by atoms with van der Waals surface area (Å²) in [4.78, 5) is 23.4. The van der Waals surface area contributed by atoms with E-state index in [-0.39, 0.29) is 11.7 Å². The number of hydrazone groups is 1. The molecule has 3 N–H and O–H groups in total. The number of anilines is 2. The Morgan fingerprint density at radius 1 is 1.19 bits per heavy atom. The number of nitrogens with zero attached hydrogens (tertiary/aromatic N) is 1. The standard InChI is InChI=1S/C19H20ClFN4O2/c1-3-12(2)23-18(26)19(27)25-22-11-13-10-14(20)8-9-16(13)24-17-7-5-4-6-15(17)21/h4-12,24H,3H2,1-2H3,(H,23,26)(H,25,27)/b22-11-/t12-/m1/s1. The summed E-state index contributed by atoms with van der Waals surface area (Å²) in [5.74, 6) is -2.06. The molecule has 2 aromatic carbocycles. The number of halogens is 2. The summed E-state index contributed by atoms with van der Waals surface area (Å²) >= 11 is 6.00. The average Bonchev–Trinajstić information content (AvgIpc) is 2.65. The molecule has 0 aliphatic heterocycles. The number of hydrogen-bond donors (Lipinski definition) is 3. The molecule has 0 spiro atoms. The summed E-state index contributed by atoms with van der Waals surface area (Å²) in [5.41, 5.74) is 3.48. The molecule has 27 heavy (non-hydrogen) atoms. The fraction of sp³-hybridized carbons (Fsp3) is 0.211. The Labute approximate surface area is 161 Å². The second-order valence-corrected chi connectivity index (χ2v) is 6.25. The maximum absolute atomic E-state index is 13.8. The number of amides is 2. The van der Waals surface area contributed by atoms with Crippen molar-refractivity contribution in [2.45, 2.75) is 26.3 Å². The van der Waals surface area contributed by atoms with Gasteiger partial charge >= 0.3 is 11.8 Å². The van der Waals surface area contributed by atoms with Crippen molar-refractivity contribution in [3.05, 3.63) is 58.9 Å². The first-order valence-electron chi connectivity index (χ1n) is 8.35. The van der Waals surface area contributed by atoms with Gasteiger partial charge in [-0.15, -0.1) is 0 Å². The number of carbonyl (C=O) groups is 2. The molecular weight excluding hydrogens is 371 g/mol. The van der Waals surface area contributed by atoms with Crippen LogP contribution in [0.2, 0.25) is 5.02 Å². The van der Waals surface area contributed by atoms with E-state index in [1.165, 1.54) is 12.3 Å². The van der Waals surface area contributed by atoms with E-state index < -0.39 is 17.6 Å². The molecule has 0 saturated carbocycles. The Morgan fingerprint density at radius 3 is 2.63 bits per heavy atom. The number of benzene rings is 2. The van der Waals surface area contributed by atoms with Crippen LogP contribution in [0.3, 0.4) is 0 Å². The van der Waals surface area contributed by atoms with E-state index >= 15 is 0 Å². The number of hydrogen-bond acceptors (Lipinski definition) is 4. The van der Waals surface area contributed by atoms with Crippen molar-refractivity contribution < 1.29 is 14.0 Å². The van der Waals surface area contributed by atoms with Crippen molar-refractivity contribution in [1.29, 1.82) is 0 Å². The van der Waals surface area contributed by atoms with Gasteiger partial charge in [-0.2, -0.15) is 5.10 Å². The van der Waals surface area contributed by atoms with Crippen LogP contribution in [-0.2, 0) is 9.59 Å². The molecular formula is C19H20ClFN4O2. The van der Waals surface area contributed by atoms with Gasteiger partial charge in [-0.1, -0.05) is 30.7 Å². The Morgan fingerprint density at radius 2 is 1.93 bits per heavy atom. The van der Waals surface area contributed by atoms with Gasteiger partial charge in [-0.25, -0.2) is 9.82 Å². The van der Waals surface area contributed by atoms with Crippen molar-refractivity contribution in [3.8, 4) is 0 Å². The summed E-state index contributed by atoms with van der Waals surface area (Å²) in [6, 6.07) is 11.0. The first-order valence-corrected chi connectivity index (χ1v) is 8.73. The normalized spacial score (nSPS) is 11.9. The molecule has 0 bridgehead atoms. The maximum atomic E-state index is 13.8. The van der Waals surface area contributed by atoms with Crippen LogP contribution in [0.4, 0.5) is 15.8 Å². The lowest BCUT2D eigenvalue weighted by molar-refractivity contribution is -0.139. The number of para-hydroxylation sites is 1. The summed E-state index contributed by atoms with van der Waals surface area (Å²) in [6.07, 6.45) is 2.03. The van der Waals surface area contributed by atoms with E-state index in [1.807, 2.05) is 6.92 Å². The Bertz CT molecular complexity index is 857. The van der Waals surface area contributed by atoms with Crippen molar-refractivity contribution in [3.63, 3.8) is 0 Å². The minimum atomic E-state index is -0.878. The molecule has 0 radical (unpaired) electrons. The molecule has 2 rings (SSSR count). The largest absolute Gasteiger partial charge is 0.353 e. The minimum Gasteiger partial charge on any atom is -0.353 e. The lowest BCUT2D eigenvalue weighted by atomic mass is 10.2. The van der Waals surface area contributed by atoms with Gasteiger partial charge in [-0.05, 0) is 43.7 Å². The van der Waals surface area contributed by atoms with Gasteiger partial charge in [0.25, 0.3) is 0 Å². The molecule has 0 aliphatic rings. The molecule has 8 heteroatoms. The molecule has 0 fully saturated rings. The third-order valence-corrected chi connectivity index (χ3v) is 3.96. The molecule has 142 valence electrons. The van der Waals surface area contributed by atoms with Crippen molar-refractivity contribution >= 4 is 41.0 Å². The average molecular weight is 391 g/mol. The Balaban J connectivity index is 2.10. The Hall–Kier alpha value is -2.93. The highest BCUT2D eigenvalue weighted by atomic mass is 35.5. The molecule has 0 saturated heterocycles. The maximum Gasteiger partial charge on any atom is 0.329 e. The van der Waals surface area contributed by atoms with E-state index in [1.54, 1.807) is 43.3 Å². The lowest BCUT2D eigenvalue weighted by Crippen LogP contribution is -2.41. The van der Waals surface area contributed by atoms with Crippen LogP contribution >= 0.6 is 11.6 Å². The summed E-state index contributed by atoms with van der Waals surface area (Å²) in [6.45, 7) is 3.69. The van der Waals surface area contributed by atoms with E-state index in [2.05, 4.69) is 21.2 Å². The monoisotopic (exact) mass is 390 g/mol. The zero-order valence-corrected chi connectivity index (χ0v) is 15.7.